The van der Waals surface area contributed by atoms with Gasteiger partial charge in [-0.1, -0.05) is 24.3 Å². The largest absolute Gasteiger partial charge is 0.352 e. The molecule has 2 saturated heterocycles. The third-order valence-electron chi connectivity index (χ3n) is 6.28. The number of nitrogens with zero attached hydrogens (tertiary/aromatic N) is 2. The van der Waals surface area contributed by atoms with Gasteiger partial charge in [-0.2, -0.15) is 0 Å². The number of para-hydroxylation sites is 1. The molecule has 0 saturated carbocycles. The molecule has 2 N–H and O–H groups in total. The van der Waals surface area contributed by atoms with Crippen LogP contribution in [0.3, 0.4) is 0 Å². The summed E-state index contributed by atoms with van der Waals surface area (Å²) in [6.07, 6.45) is 6.31. The lowest BCUT2D eigenvalue weighted by molar-refractivity contribution is -0.137. The number of rotatable bonds is 3. The van der Waals surface area contributed by atoms with Gasteiger partial charge in [0.15, 0.2) is 0 Å². The van der Waals surface area contributed by atoms with Crippen molar-refractivity contribution in [3.8, 4) is 0 Å². The van der Waals surface area contributed by atoms with Crippen LogP contribution in [0.1, 0.15) is 30.4 Å². The predicted molar refractivity (Wildman–Crippen MR) is 101 cm³/mol. The van der Waals surface area contributed by atoms with E-state index in [0.29, 0.717) is 6.54 Å². The van der Waals surface area contributed by atoms with Crippen molar-refractivity contribution in [3.63, 3.8) is 0 Å². The molecule has 6 nitrogen and oxygen atoms in total. The van der Waals surface area contributed by atoms with E-state index in [1.807, 2.05) is 36.4 Å². The molecule has 138 valence electrons. The standard InChI is InChI=1S/C21H22N4O2/c26-19(23-13-14-5-3-9-22-12-14)17-11-15-6-4-10-25(15)21(17)16-7-1-2-8-18(16)24-20(21)27/h1-3,5,7-9,12,15,17H,4,6,10-11,13H2,(H,23,26)(H,24,27)/t15-,17-,21+/m1/s1. The number of pyridine rings is 1. The molecule has 0 radical (unpaired) electrons. The van der Waals surface area contributed by atoms with Gasteiger partial charge in [0, 0.05) is 36.2 Å². The van der Waals surface area contributed by atoms with Crippen LogP contribution in [0.5, 0.6) is 0 Å². The zero-order valence-electron chi connectivity index (χ0n) is 15.0. The van der Waals surface area contributed by atoms with Crippen LogP contribution in [-0.4, -0.2) is 34.3 Å². The lowest BCUT2D eigenvalue weighted by Gasteiger charge is -2.36. The SMILES string of the molecule is O=C(NCc1cccnc1)[C@H]1C[C@H]2CCCN2[C@]12C(=O)Nc1ccccc12. The van der Waals surface area contributed by atoms with E-state index in [-0.39, 0.29) is 23.8 Å². The van der Waals surface area contributed by atoms with Crippen LogP contribution in [0, 0.1) is 5.92 Å². The Morgan fingerprint density at radius 3 is 3.04 bits per heavy atom. The Balaban J connectivity index is 1.50. The first kappa shape index (κ1) is 16.4. The lowest BCUT2D eigenvalue weighted by atomic mass is 9.78. The predicted octanol–water partition coefficient (Wildman–Crippen LogP) is 2.03. The highest BCUT2D eigenvalue weighted by molar-refractivity contribution is 6.09. The average molecular weight is 362 g/mol. The van der Waals surface area contributed by atoms with Crippen LogP contribution in [0.15, 0.2) is 48.8 Å². The zero-order chi connectivity index (χ0) is 18.4. The first-order chi connectivity index (χ1) is 13.2. The number of hydrogen-bond acceptors (Lipinski definition) is 4. The smallest absolute Gasteiger partial charge is 0.250 e. The topological polar surface area (TPSA) is 74.3 Å². The third kappa shape index (κ3) is 2.33. The molecule has 5 rings (SSSR count). The van der Waals surface area contributed by atoms with Crippen LogP contribution < -0.4 is 10.6 Å². The van der Waals surface area contributed by atoms with Crippen LogP contribution in [0.4, 0.5) is 5.69 Å². The monoisotopic (exact) mass is 362 g/mol. The minimum Gasteiger partial charge on any atom is -0.352 e. The maximum Gasteiger partial charge on any atom is 0.250 e. The Morgan fingerprint density at radius 1 is 1.30 bits per heavy atom. The van der Waals surface area contributed by atoms with Crippen molar-refractivity contribution in [2.24, 2.45) is 5.92 Å². The molecule has 3 atom stereocenters. The number of amides is 2. The molecule has 0 unspecified atom stereocenters. The second-order valence-corrected chi connectivity index (χ2v) is 7.62. The van der Waals surface area contributed by atoms with E-state index in [1.165, 1.54) is 0 Å². The highest BCUT2D eigenvalue weighted by Gasteiger charge is 2.65. The van der Waals surface area contributed by atoms with E-state index in [4.69, 9.17) is 0 Å². The number of hydrogen-bond donors (Lipinski definition) is 2. The fourth-order valence-electron chi connectivity index (χ4n) is 5.20. The summed E-state index contributed by atoms with van der Waals surface area (Å²) in [5.74, 6) is -0.502. The summed E-state index contributed by atoms with van der Waals surface area (Å²) in [6.45, 7) is 1.28. The highest BCUT2D eigenvalue weighted by atomic mass is 16.2. The van der Waals surface area contributed by atoms with Crippen molar-refractivity contribution in [3.05, 3.63) is 59.9 Å². The second kappa shape index (κ2) is 6.16. The fraction of sp³-hybridized carbons (Fsp3) is 0.381. The maximum absolute atomic E-state index is 13.2. The van der Waals surface area contributed by atoms with E-state index in [2.05, 4.69) is 20.5 Å². The maximum atomic E-state index is 13.2. The summed E-state index contributed by atoms with van der Waals surface area (Å²) in [6, 6.07) is 11.9. The average Bonchev–Trinajstić information content (AvgIpc) is 3.35. The van der Waals surface area contributed by atoms with Gasteiger partial charge < -0.3 is 10.6 Å². The van der Waals surface area contributed by atoms with Crippen molar-refractivity contribution in [1.82, 2.24) is 15.2 Å². The van der Waals surface area contributed by atoms with E-state index in [0.717, 1.165) is 42.6 Å². The molecule has 2 aromatic rings. The summed E-state index contributed by atoms with van der Waals surface area (Å²) in [4.78, 5) is 32.8. The number of fused-ring (bicyclic) bond motifs is 4. The Hall–Kier alpha value is -2.73. The van der Waals surface area contributed by atoms with Gasteiger partial charge in [-0.15, -0.1) is 0 Å². The lowest BCUT2D eigenvalue weighted by Crippen LogP contribution is -2.54. The van der Waals surface area contributed by atoms with Gasteiger partial charge in [0.1, 0.15) is 5.54 Å². The van der Waals surface area contributed by atoms with Gasteiger partial charge in [-0.3, -0.25) is 19.5 Å². The molecule has 3 aliphatic heterocycles. The van der Waals surface area contributed by atoms with Gasteiger partial charge in [0.25, 0.3) is 0 Å². The number of aromatic nitrogens is 1. The van der Waals surface area contributed by atoms with E-state index < -0.39 is 5.54 Å². The van der Waals surface area contributed by atoms with E-state index in [1.54, 1.807) is 12.4 Å². The first-order valence-corrected chi connectivity index (χ1v) is 9.55. The molecule has 6 heteroatoms. The van der Waals surface area contributed by atoms with Crippen LogP contribution >= 0.6 is 0 Å². The molecule has 4 heterocycles. The van der Waals surface area contributed by atoms with Crippen LogP contribution in [-0.2, 0) is 21.7 Å². The van der Waals surface area contributed by atoms with Gasteiger partial charge >= 0.3 is 0 Å². The number of nitrogens with one attached hydrogen (secondary N) is 2. The van der Waals surface area contributed by atoms with Crippen molar-refractivity contribution < 1.29 is 9.59 Å². The third-order valence-corrected chi connectivity index (χ3v) is 6.28. The zero-order valence-corrected chi connectivity index (χ0v) is 15.0. The molecule has 1 aromatic heterocycles. The van der Waals surface area contributed by atoms with Crippen molar-refractivity contribution in [1.29, 1.82) is 0 Å². The van der Waals surface area contributed by atoms with Crippen molar-refractivity contribution in [2.45, 2.75) is 37.4 Å². The summed E-state index contributed by atoms with van der Waals surface area (Å²) < 4.78 is 0. The molecular weight excluding hydrogens is 340 g/mol. The van der Waals surface area contributed by atoms with Gasteiger partial charge in [-0.05, 0) is 43.5 Å². The van der Waals surface area contributed by atoms with E-state index in [9.17, 15) is 9.59 Å². The molecule has 27 heavy (non-hydrogen) atoms. The van der Waals surface area contributed by atoms with Gasteiger partial charge in [-0.25, -0.2) is 0 Å². The normalized spacial score (nSPS) is 28.8. The molecule has 0 bridgehead atoms. The molecular formula is C21H22N4O2. The Kier molecular flexibility index (Phi) is 3.75. The minimum atomic E-state index is -0.878. The van der Waals surface area contributed by atoms with Crippen LogP contribution in [0.25, 0.3) is 0 Å². The van der Waals surface area contributed by atoms with Gasteiger partial charge in [0.2, 0.25) is 11.8 Å². The molecule has 2 fully saturated rings. The van der Waals surface area contributed by atoms with Crippen molar-refractivity contribution >= 4 is 17.5 Å². The summed E-state index contributed by atoms with van der Waals surface area (Å²) in [5.41, 5.74) is 1.85. The molecule has 2 amide bonds. The van der Waals surface area contributed by atoms with Crippen molar-refractivity contribution in [2.75, 3.05) is 11.9 Å². The Labute approximate surface area is 158 Å². The molecule has 0 aliphatic carbocycles. The number of carbonyl (C=O) groups excluding carboxylic acids is 2. The number of benzene rings is 1. The Morgan fingerprint density at radius 2 is 2.19 bits per heavy atom. The van der Waals surface area contributed by atoms with Gasteiger partial charge in [0.05, 0.1) is 5.92 Å². The summed E-state index contributed by atoms with van der Waals surface area (Å²) in [7, 11) is 0. The highest BCUT2D eigenvalue weighted by Crippen LogP contribution is 2.55. The molecule has 1 spiro atoms. The summed E-state index contributed by atoms with van der Waals surface area (Å²) in [5, 5.41) is 6.08. The quantitative estimate of drug-likeness (QED) is 0.876. The molecule has 3 aliphatic rings. The number of carbonyl (C=O) groups is 2. The number of anilines is 1. The molecule has 1 aromatic carbocycles. The van der Waals surface area contributed by atoms with Crippen LogP contribution in [0.2, 0.25) is 0 Å². The second-order valence-electron chi connectivity index (χ2n) is 7.62. The fourth-order valence-corrected chi connectivity index (χ4v) is 5.20. The Bertz CT molecular complexity index is 900. The first-order valence-electron chi connectivity index (χ1n) is 9.55. The summed E-state index contributed by atoms with van der Waals surface area (Å²) >= 11 is 0. The van der Waals surface area contributed by atoms with E-state index >= 15 is 0 Å². The minimum absolute atomic E-state index is 0.0555.